The molecule has 1 amide bonds. The number of ether oxygens (including phenoxy) is 1. The first-order chi connectivity index (χ1) is 6.15. The standard InChI is InChI=1S/C8H13N3O2/c1-4-13-8(12)10-7-5-9-6(2)11(7)3/h5H,4H2,1-3H3,(H,10,12). The molecule has 0 aliphatic rings. The van der Waals surface area contributed by atoms with Crippen LogP contribution in [-0.2, 0) is 11.8 Å². The minimum absolute atomic E-state index is 0.364. The molecule has 1 aromatic rings. The van der Waals surface area contributed by atoms with Crippen molar-refractivity contribution in [3.63, 3.8) is 0 Å². The summed E-state index contributed by atoms with van der Waals surface area (Å²) in [6, 6.07) is 0. The van der Waals surface area contributed by atoms with Gasteiger partial charge in [-0.05, 0) is 13.8 Å². The fourth-order valence-corrected chi connectivity index (χ4v) is 0.890. The molecule has 0 spiro atoms. The van der Waals surface area contributed by atoms with Gasteiger partial charge in [0.1, 0.15) is 11.6 Å². The molecule has 5 nitrogen and oxygen atoms in total. The van der Waals surface area contributed by atoms with E-state index in [1.165, 1.54) is 0 Å². The largest absolute Gasteiger partial charge is 0.450 e. The number of nitrogens with one attached hydrogen (secondary N) is 1. The van der Waals surface area contributed by atoms with E-state index in [0.717, 1.165) is 5.82 Å². The molecule has 0 saturated heterocycles. The molecule has 0 saturated carbocycles. The number of carbonyl (C=O) groups excluding carboxylic acids is 1. The van der Waals surface area contributed by atoms with E-state index in [0.29, 0.717) is 12.4 Å². The second kappa shape index (κ2) is 3.93. The first-order valence-electron chi connectivity index (χ1n) is 4.07. The molecule has 0 radical (unpaired) electrons. The Morgan fingerprint density at radius 1 is 1.77 bits per heavy atom. The van der Waals surface area contributed by atoms with Crippen LogP contribution in [0.15, 0.2) is 6.20 Å². The zero-order chi connectivity index (χ0) is 9.84. The molecule has 5 heteroatoms. The SMILES string of the molecule is CCOC(=O)Nc1cnc(C)n1C. The van der Waals surface area contributed by atoms with Gasteiger partial charge in [-0.15, -0.1) is 0 Å². The Morgan fingerprint density at radius 2 is 2.46 bits per heavy atom. The highest BCUT2D eigenvalue weighted by Gasteiger charge is 2.06. The first kappa shape index (κ1) is 9.57. The second-order valence-electron chi connectivity index (χ2n) is 2.60. The van der Waals surface area contributed by atoms with Crippen LogP contribution in [0.4, 0.5) is 10.6 Å². The molecule has 13 heavy (non-hydrogen) atoms. The van der Waals surface area contributed by atoms with E-state index in [-0.39, 0.29) is 0 Å². The highest BCUT2D eigenvalue weighted by molar-refractivity contribution is 5.83. The number of nitrogens with zero attached hydrogens (tertiary/aromatic N) is 2. The van der Waals surface area contributed by atoms with Crippen LogP contribution in [0.1, 0.15) is 12.7 Å². The number of aromatic nitrogens is 2. The van der Waals surface area contributed by atoms with Crippen molar-refractivity contribution in [1.82, 2.24) is 9.55 Å². The fourth-order valence-electron chi connectivity index (χ4n) is 0.890. The molecule has 0 aromatic carbocycles. The molecule has 0 aliphatic heterocycles. The van der Waals surface area contributed by atoms with Gasteiger partial charge in [0.05, 0.1) is 12.8 Å². The van der Waals surface area contributed by atoms with Crippen molar-refractivity contribution in [2.24, 2.45) is 7.05 Å². The van der Waals surface area contributed by atoms with Crippen molar-refractivity contribution in [3.8, 4) is 0 Å². The number of carbonyl (C=O) groups is 1. The highest BCUT2D eigenvalue weighted by Crippen LogP contribution is 2.07. The van der Waals surface area contributed by atoms with Crippen LogP contribution >= 0.6 is 0 Å². The van der Waals surface area contributed by atoms with E-state index in [4.69, 9.17) is 4.74 Å². The van der Waals surface area contributed by atoms with E-state index in [2.05, 4.69) is 10.3 Å². The number of anilines is 1. The van der Waals surface area contributed by atoms with Crippen LogP contribution in [-0.4, -0.2) is 22.3 Å². The van der Waals surface area contributed by atoms with E-state index in [1.807, 2.05) is 14.0 Å². The summed E-state index contributed by atoms with van der Waals surface area (Å²) in [5.41, 5.74) is 0. The van der Waals surface area contributed by atoms with Gasteiger partial charge in [0.2, 0.25) is 0 Å². The molecule has 1 aromatic heterocycles. The summed E-state index contributed by atoms with van der Waals surface area (Å²) in [6.45, 7) is 3.98. The van der Waals surface area contributed by atoms with E-state index in [9.17, 15) is 4.79 Å². The average molecular weight is 183 g/mol. The lowest BCUT2D eigenvalue weighted by Gasteiger charge is -2.05. The van der Waals surface area contributed by atoms with Crippen LogP contribution in [0.5, 0.6) is 0 Å². The predicted molar refractivity (Wildman–Crippen MR) is 48.6 cm³/mol. The molecule has 1 N–H and O–H groups in total. The van der Waals surface area contributed by atoms with Crippen molar-refractivity contribution in [2.45, 2.75) is 13.8 Å². The first-order valence-corrected chi connectivity index (χ1v) is 4.07. The molecule has 72 valence electrons. The summed E-state index contributed by atoms with van der Waals surface area (Å²) >= 11 is 0. The van der Waals surface area contributed by atoms with E-state index >= 15 is 0 Å². The second-order valence-corrected chi connectivity index (χ2v) is 2.60. The number of rotatable bonds is 2. The smallest absolute Gasteiger partial charge is 0.412 e. The normalized spacial score (nSPS) is 9.77. The summed E-state index contributed by atoms with van der Waals surface area (Å²) in [5, 5.41) is 2.57. The fraction of sp³-hybridized carbons (Fsp3) is 0.500. The van der Waals surface area contributed by atoms with Gasteiger partial charge in [0.25, 0.3) is 0 Å². The maximum Gasteiger partial charge on any atom is 0.412 e. The van der Waals surface area contributed by atoms with Gasteiger partial charge in [-0.1, -0.05) is 0 Å². The van der Waals surface area contributed by atoms with Crippen LogP contribution < -0.4 is 5.32 Å². The number of aryl methyl sites for hydroxylation is 1. The number of imidazole rings is 1. The Hall–Kier alpha value is -1.52. The number of amides is 1. The molecule has 0 unspecified atom stereocenters. The molecule has 0 aliphatic carbocycles. The lowest BCUT2D eigenvalue weighted by molar-refractivity contribution is 0.167. The third-order valence-electron chi connectivity index (χ3n) is 1.73. The quantitative estimate of drug-likeness (QED) is 0.751. The lowest BCUT2D eigenvalue weighted by Crippen LogP contribution is -2.15. The Balaban J connectivity index is 2.64. The Labute approximate surface area is 76.7 Å². The van der Waals surface area contributed by atoms with Gasteiger partial charge < -0.3 is 9.30 Å². The van der Waals surface area contributed by atoms with Crippen molar-refractivity contribution >= 4 is 11.9 Å². The molecule has 1 heterocycles. The maximum absolute atomic E-state index is 11.0. The summed E-state index contributed by atoms with van der Waals surface area (Å²) < 4.78 is 6.49. The third-order valence-corrected chi connectivity index (χ3v) is 1.73. The number of hydrogen-bond donors (Lipinski definition) is 1. The van der Waals surface area contributed by atoms with Gasteiger partial charge in [0.15, 0.2) is 0 Å². The molecular weight excluding hydrogens is 170 g/mol. The monoisotopic (exact) mass is 183 g/mol. The Morgan fingerprint density at radius 3 is 2.92 bits per heavy atom. The summed E-state index contributed by atoms with van der Waals surface area (Å²) in [6.07, 6.45) is 1.14. The minimum Gasteiger partial charge on any atom is -0.450 e. The number of hydrogen-bond acceptors (Lipinski definition) is 3. The topological polar surface area (TPSA) is 56.1 Å². The maximum atomic E-state index is 11.0. The highest BCUT2D eigenvalue weighted by atomic mass is 16.5. The van der Waals surface area contributed by atoms with Crippen molar-refractivity contribution < 1.29 is 9.53 Å². The third kappa shape index (κ3) is 2.21. The zero-order valence-electron chi connectivity index (χ0n) is 8.00. The van der Waals surface area contributed by atoms with Crippen LogP contribution in [0.2, 0.25) is 0 Å². The summed E-state index contributed by atoms with van der Waals surface area (Å²) in [7, 11) is 1.82. The minimum atomic E-state index is -0.453. The zero-order valence-corrected chi connectivity index (χ0v) is 8.00. The van der Waals surface area contributed by atoms with E-state index < -0.39 is 6.09 Å². The van der Waals surface area contributed by atoms with Crippen molar-refractivity contribution in [1.29, 1.82) is 0 Å². The summed E-state index contributed by atoms with van der Waals surface area (Å²) in [5.74, 6) is 1.47. The van der Waals surface area contributed by atoms with Gasteiger partial charge in [-0.3, -0.25) is 5.32 Å². The average Bonchev–Trinajstić information content (AvgIpc) is 2.37. The molecule has 0 bridgehead atoms. The van der Waals surface area contributed by atoms with E-state index in [1.54, 1.807) is 17.7 Å². The predicted octanol–water partition coefficient (Wildman–Crippen LogP) is 1.30. The Kier molecular flexibility index (Phi) is 2.89. The van der Waals surface area contributed by atoms with Crippen molar-refractivity contribution in [2.75, 3.05) is 11.9 Å². The van der Waals surface area contributed by atoms with Gasteiger partial charge in [-0.25, -0.2) is 9.78 Å². The summed E-state index contributed by atoms with van der Waals surface area (Å²) in [4.78, 5) is 15.0. The van der Waals surface area contributed by atoms with Gasteiger partial charge >= 0.3 is 6.09 Å². The van der Waals surface area contributed by atoms with Gasteiger partial charge in [-0.2, -0.15) is 0 Å². The van der Waals surface area contributed by atoms with Crippen molar-refractivity contribution in [3.05, 3.63) is 12.0 Å². The lowest BCUT2D eigenvalue weighted by atomic mass is 10.7. The van der Waals surface area contributed by atoms with Crippen LogP contribution in [0.3, 0.4) is 0 Å². The molecule has 1 rings (SSSR count). The molecule has 0 fully saturated rings. The van der Waals surface area contributed by atoms with Crippen LogP contribution in [0, 0.1) is 6.92 Å². The van der Waals surface area contributed by atoms with Gasteiger partial charge in [0, 0.05) is 7.05 Å². The van der Waals surface area contributed by atoms with Crippen LogP contribution in [0.25, 0.3) is 0 Å². The molecule has 0 atom stereocenters. The molecular formula is C8H13N3O2. The Bertz CT molecular complexity index is 306.